The zero-order chi connectivity index (χ0) is 17.3. The Labute approximate surface area is 143 Å². The number of carbonyl (C=O) groups is 2. The van der Waals surface area contributed by atoms with Crippen LogP contribution in [0.2, 0.25) is 0 Å². The van der Waals surface area contributed by atoms with Crippen LogP contribution in [0.1, 0.15) is 12.0 Å². The van der Waals surface area contributed by atoms with E-state index in [9.17, 15) is 19.7 Å². The van der Waals surface area contributed by atoms with Gasteiger partial charge >= 0.3 is 0 Å². The summed E-state index contributed by atoms with van der Waals surface area (Å²) in [5.74, 6) is 0.192. The van der Waals surface area contributed by atoms with Crippen molar-refractivity contribution < 1.29 is 14.5 Å². The number of hydrogen-bond donors (Lipinski definition) is 0. The lowest BCUT2D eigenvalue weighted by Gasteiger charge is -2.37. The number of amides is 2. The van der Waals surface area contributed by atoms with Crippen molar-refractivity contribution in [2.75, 3.05) is 0 Å². The van der Waals surface area contributed by atoms with Gasteiger partial charge in [-0.15, -0.1) is 0 Å². The zero-order valence-corrected chi connectivity index (χ0v) is 13.2. The van der Waals surface area contributed by atoms with Gasteiger partial charge in [-0.2, -0.15) is 10.1 Å². The third-order valence-electron chi connectivity index (χ3n) is 6.09. The smallest absolute Gasteiger partial charge is 0.272 e. The molecule has 25 heavy (non-hydrogen) atoms. The molecule has 0 radical (unpaired) electrons. The van der Waals surface area contributed by atoms with E-state index in [1.807, 2.05) is 0 Å². The van der Waals surface area contributed by atoms with Gasteiger partial charge < -0.3 is 0 Å². The van der Waals surface area contributed by atoms with Crippen LogP contribution >= 0.6 is 0 Å². The Hall–Kier alpha value is -2.83. The third-order valence-corrected chi connectivity index (χ3v) is 6.09. The summed E-state index contributed by atoms with van der Waals surface area (Å²) in [6.45, 7) is 0. The summed E-state index contributed by atoms with van der Waals surface area (Å²) in [6.07, 6.45) is 6.54. The van der Waals surface area contributed by atoms with Crippen LogP contribution in [0.4, 0.5) is 5.69 Å². The molecule has 2 saturated carbocycles. The Morgan fingerprint density at radius 3 is 2.28 bits per heavy atom. The van der Waals surface area contributed by atoms with Crippen molar-refractivity contribution in [3.05, 3.63) is 52.1 Å². The van der Waals surface area contributed by atoms with Gasteiger partial charge in [0.1, 0.15) is 0 Å². The first-order valence-electron chi connectivity index (χ1n) is 8.41. The summed E-state index contributed by atoms with van der Waals surface area (Å²) in [5, 5.41) is 16.0. The van der Waals surface area contributed by atoms with Gasteiger partial charge in [-0.25, -0.2) is 0 Å². The summed E-state index contributed by atoms with van der Waals surface area (Å²) >= 11 is 0. The molecule has 2 amide bonds. The number of rotatable bonds is 3. The Morgan fingerprint density at radius 1 is 1.08 bits per heavy atom. The average Bonchev–Trinajstić information content (AvgIpc) is 3.39. The van der Waals surface area contributed by atoms with Crippen LogP contribution in [0.3, 0.4) is 0 Å². The Bertz CT molecular complexity index is 841. The Kier molecular flexibility index (Phi) is 2.81. The van der Waals surface area contributed by atoms with Gasteiger partial charge in [-0.3, -0.25) is 19.7 Å². The molecule has 1 heterocycles. The number of nitro benzene ring substituents is 1. The normalized spacial score (nSPS) is 37.5. The zero-order valence-electron chi connectivity index (χ0n) is 13.2. The largest absolute Gasteiger partial charge is 0.278 e. The number of carbonyl (C=O) groups excluding carboxylic acids is 2. The molecule has 0 N–H and O–H groups in total. The van der Waals surface area contributed by atoms with Crippen molar-refractivity contribution in [2.24, 2.45) is 40.6 Å². The van der Waals surface area contributed by atoms with Crippen molar-refractivity contribution in [1.82, 2.24) is 5.01 Å². The van der Waals surface area contributed by atoms with Crippen LogP contribution < -0.4 is 0 Å². The van der Waals surface area contributed by atoms with Crippen LogP contribution in [0.5, 0.6) is 0 Å². The van der Waals surface area contributed by atoms with Crippen LogP contribution in [0, 0.1) is 45.6 Å². The minimum Gasteiger partial charge on any atom is -0.272 e. The highest BCUT2D eigenvalue weighted by atomic mass is 16.6. The van der Waals surface area contributed by atoms with E-state index in [1.54, 1.807) is 18.2 Å². The van der Waals surface area contributed by atoms with Crippen LogP contribution in [-0.4, -0.2) is 28.0 Å². The number of imide groups is 1. The molecule has 0 aromatic heterocycles. The minimum atomic E-state index is -0.508. The number of hydrazone groups is 1. The fourth-order valence-corrected chi connectivity index (χ4v) is 4.94. The van der Waals surface area contributed by atoms with Gasteiger partial charge in [0.15, 0.2) is 0 Å². The summed E-state index contributed by atoms with van der Waals surface area (Å²) in [7, 11) is 0. The predicted octanol–water partition coefficient (Wildman–Crippen LogP) is 1.98. The van der Waals surface area contributed by atoms with E-state index in [0.717, 1.165) is 11.4 Å². The van der Waals surface area contributed by atoms with E-state index in [1.165, 1.54) is 12.3 Å². The standard InChI is InChI=1S/C18H15N3O4/c22-17-15-10-5-6-11(13-7-12(10)13)16(15)18(23)20(17)19-8-9-3-1-2-4-14(9)21(24)25/h1-6,8,10-13,15-16H,7H2/b19-8-/t10-,11-,12-,13+,15-,16-/m1/s1. The van der Waals surface area contributed by atoms with Crippen molar-refractivity contribution in [3.63, 3.8) is 0 Å². The number of benzene rings is 1. The van der Waals surface area contributed by atoms with Gasteiger partial charge in [0.05, 0.1) is 28.5 Å². The van der Waals surface area contributed by atoms with Crippen molar-refractivity contribution in [3.8, 4) is 0 Å². The first-order valence-corrected chi connectivity index (χ1v) is 8.41. The fourth-order valence-electron chi connectivity index (χ4n) is 4.94. The number of allylic oxidation sites excluding steroid dienone is 2. The third kappa shape index (κ3) is 1.89. The molecule has 6 rings (SSSR count). The molecule has 1 aliphatic heterocycles. The molecule has 0 spiro atoms. The lowest BCUT2D eigenvalue weighted by atomic mass is 9.63. The average molecular weight is 337 g/mol. The Morgan fingerprint density at radius 2 is 1.68 bits per heavy atom. The van der Waals surface area contributed by atoms with Crippen molar-refractivity contribution in [1.29, 1.82) is 0 Å². The Balaban J connectivity index is 1.46. The topological polar surface area (TPSA) is 92.9 Å². The lowest BCUT2D eigenvalue weighted by Crippen LogP contribution is -2.40. The number of nitro groups is 1. The predicted molar refractivity (Wildman–Crippen MR) is 87.2 cm³/mol. The van der Waals surface area contributed by atoms with Crippen LogP contribution in [0.15, 0.2) is 41.5 Å². The van der Waals surface area contributed by atoms with E-state index >= 15 is 0 Å². The quantitative estimate of drug-likeness (QED) is 0.277. The van der Waals surface area contributed by atoms with Crippen LogP contribution in [-0.2, 0) is 9.59 Å². The van der Waals surface area contributed by atoms with Gasteiger partial charge in [-0.05, 0) is 36.2 Å². The second-order valence-electron chi connectivity index (χ2n) is 7.20. The maximum Gasteiger partial charge on any atom is 0.278 e. The first kappa shape index (κ1) is 14.5. The van der Waals surface area contributed by atoms with Crippen LogP contribution in [0.25, 0.3) is 0 Å². The molecule has 6 atom stereocenters. The number of para-hydroxylation sites is 1. The van der Waals surface area contributed by atoms with E-state index in [2.05, 4.69) is 17.3 Å². The molecule has 7 nitrogen and oxygen atoms in total. The maximum absolute atomic E-state index is 12.8. The molecule has 7 heteroatoms. The van der Waals surface area contributed by atoms with Gasteiger partial charge in [0, 0.05) is 6.07 Å². The molecule has 1 aromatic carbocycles. The summed E-state index contributed by atoms with van der Waals surface area (Å²) in [5.41, 5.74) is 0.164. The molecule has 1 aromatic rings. The van der Waals surface area contributed by atoms with Gasteiger partial charge in [0.25, 0.3) is 17.5 Å². The summed E-state index contributed by atoms with van der Waals surface area (Å²) in [4.78, 5) is 36.1. The van der Waals surface area contributed by atoms with Crippen molar-refractivity contribution in [2.45, 2.75) is 6.42 Å². The van der Waals surface area contributed by atoms with Gasteiger partial charge in [-0.1, -0.05) is 24.3 Å². The summed E-state index contributed by atoms with van der Waals surface area (Å²) in [6, 6.07) is 6.12. The molecule has 5 aliphatic rings. The molecule has 4 aliphatic carbocycles. The SMILES string of the molecule is O=C1[C@@H]2[C@@H]3C=C[C@H]([C@@H]4C[C@H]34)[C@H]2C(=O)N1/N=C\c1ccccc1[N+](=O)[O-]. The molecular weight excluding hydrogens is 322 g/mol. The van der Waals surface area contributed by atoms with E-state index < -0.39 is 4.92 Å². The molecule has 3 fully saturated rings. The first-order chi connectivity index (χ1) is 12.1. The van der Waals surface area contributed by atoms with E-state index in [-0.39, 0.29) is 46.7 Å². The van der Waals surface area contributed by atoms with Crippen molar-refractivity contribution >= 4 is 23.7 Å². The summed E-state index contributed by atoms with van der Waals surface area (Å²) < 4.78 is 0. The second kappa shape index (κ2) is 4.84. The number of hydrogen-bond acceptors (Lipinski definition) is 5. The highest BCUT2D eigenvalue weighted by molar-refractivity contribution is 6.06. The maximum atomic E-state index is 12.8. The molecule has 126 valence electrons. The lowest BCUT2D eigenvalue weighted by molar-refractivity contribution is -0.385. The monoisotopic (exact) mass is 337 g/mol. The highest BCUT2D eigenvalue weighted by Gasteiger charge is 2.67. The van der Waals surface area contributed by atoms with Gasteiger partial charge in [0.2, 0.25) is 0 Å². The fraction of sp³-hybridized carbons (Fsp3) is 0.389. The molecule has 0 unspecified atom stereocenters. The van der Waals surface area contributed by atoms with E-state index in [4.69, 9.17) is 0 Å². The minimum absolute atomic E-state index is 0.106. The molecular formula is C18H15N3O4. The number of nitrogens with zero attached hydrogens (tertiary/aromatic N) is 3. The second-order valence-corrected chi connectivity index (χ2v) is 7.20. The highest BCUT2D eigenvalue weighted by Crippen LogP contribution is 2.65. The van der Waals surface area contributed by atoms with E-state index in [0.29, 0.717) is 11.8 Å². The molecule has 2 bridgehead atoms. The molecule has 1 saturated heterocycles.